The summed E-state index contributed by atoms with van der Waals surface area (Å²) in [6.45, 7) is 5.79. The first-order valence-electron chi connectivity index (χ1n) is 11.0. The average molecular weight is 418 g/mol. The van der Waals surface area contributed by atoms with E-state index in [1.54, 1.807) is 21.3 Å². The van der Waals surface area contributed by atoms with Crippen molar-refractivity contribution in [1.29, 1.82) is 0 Å². The van der Waals surface area contributed by atoms with Crippen LogP contribution < -0.4 is 14.8 Å². The highest BCUT2D eigenvalue weighted by Crippen LogP contribution is 2.70. The second-order valence-corrected chi connectivity index (χ2v) is 9.69. The first-order chi connectivity index (χ1) is 14.4. The van der Waals surface area contributed by atoms with Crippen molar-refractivity contribution in [2.45, 2.75) is 51.7 Å². The van der Waals surface area contributed by atoms with Crippen LogP contribution in [0.5, 0.6) is 11.5 Å². The maximum atomic E-state index is 12.7. The minimum absolute atomic E-state index is 0.0286. The number of hydrogen-bond acceptors (Lipinski definition) is 5. The van der Waals surface area contributed by atoms with Crippen LogP contribution in [0, 0.1) is 22.7 Å². The lowest BCUT2D eigenvalue weighted by Gasteiger charge is -2.53. The van der Waals surface area contributed by atoms with E-state index in [1.807, 2.05) is 12.1 Å². The molecule has 3 fully saturated rings. The maximum Gasteiger partial charge on any atom is 0.222 e. The molecule has 30 heavy (non-hydrogen) atoms. The van der Waals surface area contributed by atoms with Gasteiger partial charge < -0.3 is 24.3 Å². The molecule has 1 N–H and O–H groups in total. The Morgan fingerprint density at radius 2 is 2.03 bits per heavy atom. The number of carbonyl (C=O) groups excluding carboxylic acids is 1. The molecular formula is C24H35NO5. The van der Waals surface area contributed by atoms with Crippen molar-refractivity contribution in [3.63, 3.8) is 0 Å². The number of amides is 1. The highest BCUT2D eigenvalue weighted by atomic mass is 16.5. The lowest BCUT2D eigenvalue weighted by Crippen LogP contribution is -2.59. The predicted octanol–water partition coefficient (Wildman–Crippen LogP) is 3.74. The molecule has 2 aliphatic carbocycles. The fourth-order valence-corrected chi connectivity index (χ4v) is 6.58. The Morgan fingerprint density at radius 3 is 2.73 bits per heavy atom. The molecule has 3 aliphatic rings. The van der Waals surface area contributed by atoms with Crippen LogP contribution in [0.25, 0.3) is 0 Å². The Morgan fingerprint density at radius 1 is 1.23 bits per heavy atom. The van der Waals surface area contributed by atoms with E-state index in [4.69, 9.17) is 18.9 Å². The van der Waals surface area contributed by atoms with E-state index in [0.29, 0.717) is 31.5 Å². The summed E-state index contributed by atoms with van der Waals surface area (Å²) in [4.78, 5) is 12.7. The Bertz CT molecular complexity index is 794. The SMILES string of the molecule is COCCC(=O)N[C@H]1C(C)(C)[C@@H]2C[C@@H]3[C@@H](c4ccc(OC)cc4OC)OCC[C@@]31C2. The molecule has 1 aliphatic heterocycles. The minimum Gasteiger partial charge on any atom is -0.497 e. The van der Waals surface area contributed by atoms with Gasteiger partial charge in [-0.25, -0.2) is 0 Å². The third kappa shape index (κ3) is 3.28. The van der Waals surface area contributed by atoms with Gasteiger partial charge >= 0.3 is 0 Å². The van der Waals surface area contributed by atoms with Crippen LogP contribution in [-0.4, -0.2) is 46.5 Å². The van der Waals surface area contributed by atoms with Crippen LogP contribution in [0.2, 0.25) is 0 Å². The van der Waals surface area contributed by atoms with Crippen LogP contribution in [-0.2, 0) is 14.3 Å². The molecule has 2 bridgehead atoms. The Hall–Kier alpha value is -1.79. The average Bonchev–Trinajstić information content (AvgIpc) is 3.24. The molecular weight excluding hydrogens is 382 g/mol. The third-order valence-electron chi connectivity index (χ3n) is 8.09. The van der Waals surface area contributed by atoms with Crippen LogP contribution >= 0.6 is 0 Å². The van der Waals surface area contributed by atoms with Crippen molar-refractivity contribution >= 4 is 5.91 Å². The summed E-state index contributed by atoms with van der Waals surface area (Å²) in [5, 5.41) is 3.42. The van der Waals surface area contributed by atoms with Gasteiger partial charge in [0, 0.05) is 37.8 Å². The highest BCUT2D eigenvalue weighted by Gasteiger charge is 2.68. The fraction of sp³-hybridized carbons (Fsp3) is 0.708. The zero-order valence-electron chi connectivity index (χ0n) is 18.8. The van der Waals surface area contributed by atoms with Crippen molar-refractivity contribution in [1.82, 2.24) is 5.32 Å². The number of fused-ring (bicyclic) bond motifs is 1. The summed E-state index contributed by atoms with van der Waals surface area (Å²) in [6, 6.07) is 6.13. The Balaban J connectivity index is 1.65. The number of carbonyl (C=O) groups is 1. The maximum absolute atomic E-state index is 12.7. The van der Waals surface area contributed by atoms with Gasteiger partial charge in [-0.05, 0) is 54.1 Å². The lowest BCUT2D eigenvalue weighted by molar-refractivity contribution is -0.138. The molecule has 0 unspecified atom stereocenters. The highest BCUT2D eigenvalue weighted by molar-refractivity contribution is 5.76. The van der Waals surface area contributed by atoms with Gasteiger partial charge in [0.15, 0.2) is 0 Å². The van der Waals surface area contributed by atoms with Gasteiger partial charge in [0.1, 0.15) is 11.5 Å². The molecule has 1 aromatic carbocycles. The first-order valence-corrected chi connectivity index (χ1v) is 11.0. The second kappa shape index (κ2) is 8.04. The quantitative estimate of drug-likeness (QED) is 0.732. The predicted molar refractivity (Wildman–Crippen MR) is 114 cm³/mol. The van der Waals surface area contributed by atoms with Crippen molar-refractivity contribution in [3.05, 3.63) is 23.8 Å². The molecule has 0 radical (unpaired) electrons. The molecule has 6 nitrogen and oxygen atoms in total. The molecule has 1 amide bonds. The van der Waals surface area contributed by atoms with E-state index in [-0.39, 0.29) is 28.9 Å². The zero-order valence-corrected chi connectivity index (χ0v) is 18.8. The molecule has 6 heteroatoms. The normalized spacial score (nSPS) is 33.8. The summed E-state index contributed by atoms with van der Waals surface area (Å²) in [5.41, 5.74) is 1.22. The molecule has 1 spiro atoms. The van der Waals surface area contributed by atoms with Crippen molar-refractivity contribution in [2.24, 2.45) is 22.7 Å². The first kappa shape index (κ1) is 21.4. The van der Waals surface area contributed by atoms with Crippen LogP contribution in [0.3, 0.4) is 0 Å². The van der Waals surface area contributed by atoms with Crippen LogP contribution in [0.15, 0.2) is 18.2 Å². The van der Waals surface area contributed by atoms with E-state index >= 15 is 0 Å². The van der Waals surface area contributed by atoms with Gasteiger partial charge in [-0.2, -0.15) is 0 Å². The van der Waals surface area contributed by atoms with Gasteiger partial charge in [0.25, 0.3) is 0 Å². The molecule has 4 rings (SSSR count). The van der Waals surface area contributed by atoms with Crippen molar-refractivity contribution < 1.29 is 23.7 Å². The molecule has 1 aromatic rings. The smallest absolute Gasteiger partial charge is 0.222 e. The zero-order chi connectivity index (χ0) is 21.5. The summed E-state index contributed by atoms with van der Waals surface area (Å²) < 4.78 is 22.6. The monoisotopic (exact) mass is 417 g/mol. The minimum atomic E-state index is -0.0286. The molecule has 0 aromatic heterocycles. The van der Waals surface area contributed by atoms with Gasteiger partial charge in [0.05, 0.1) is 26.9 Å². The topological polar surface area (TPSA) is 66.0 Å². The van der Waals surface area contributed by atoms with Gasteiger partial charge in [-0.1, -0.05) is 13.8 Å². The number of benzene rings is 1. The summed E-state index contributed by atoms with van der Waals surface area (Å²) in [5.74, 6) is 2.60. The number of methoxy groups -OCH3 is 3. The summed E-state index contributed by atoms with van der Waals surface area (Å²) in [7, 11) is 4.99. The van der Waals surface area contributed by atoms with E-state index in [9.17, 15) is 4.79 Å². The van der Waals surface area contributed by atoms with E-state index < -0.39 is 0 Å². The van der Waals surface area contributed by atoms with E-state index in [0.717, 1.165) is 36.3 Å². The van der Waals surface area contributed by atoms with Gasteiger partial charge in [-0.3, -0.25) is 4.79 Å². The molecule has 1 heterocycles. The van der Waals surface area contributed by atoms with Gasteiger partial charge in [0.2, 0.25) is 5.91 Å². The number of rotatable bonds is 7. The van der Waals surface area contributed by atoms with E-state index in [2.05, 4.69) is 25.2 Å². The van der Waals surface area contributed by atoms with E-state index in [1.165, 1.54) is 0 Å². The third-order valence-corrected chi connectivity index (χ3v) is 8.09. The number of nitrogens with one attached hydrogen (secondary N) is 1. The largest absolute Gasteiger partial charge is 0.497 e. The molecule has 1 saturated heterocycles. The summed E-state index contributed by atoms with van der Waals surface area (Å²) in [6.07, 6.45) is 3.64. The van der Waals surface area contributed by atoms with Crippen molar-refractivity contribution in [2.75, 3.05) is 34.5 Å². The second-order valence-electron chi connectivity index (χ2n) is 9.69. The van der Waals surface area contributed by atoms with Crippen LogP contribution in [0.4, 0.5) is 0 Å². The standard InChI is InChI=1S/C24H35NO5/c1-23(2)15-12-18-21(17-7-6-16(28-4)13-19(17)29-5)30-11-9-24(18,14-15)22(23)25-20(26)8-10-27-3/h6-7,13,15,18,21-22H,8-12,14H2,1-5H3,(H,25,26)/t15-,18-,21-,22+,24-/m1/s1. The fourth-order valence-electron chi connectivity index (χ4n) is 6.58. The van der Waals surface area contributed by atoms with Crippen LogP contribution in [0.1, 0.15) is 51.2 Å². The lowest BCUT2D eigenvalue weighted by atomic mass is 9.58. The number of ether oxygens (including phenoxy) is 4. The summed E-state index contributed by atoms with van der Waals surface area (Å²) >= 11 is 0. The molecule has 2 saturated carbocycles. The van der Waals surface area contributed by atoms with Crippen molar-refractivity contribution in [3.8, 4) is 11.5 Å². The van der Waals surface area contributed by atoms with Gasteiger partial charge in [-0.15, -0.1) is 0 Å². The Labute approximate surface area is 179 Å². The molecule has 166 valence electrons. The Kier molecular flexibility index (Phi) is 5.75. The molecule has 5 atom stereocenters. The number of hydrogen-bond donors (Lipinski definition) is 1.